The summed E-state index contributed by atoms with van der Waals surface area (Å²) in [6.45, 7) is 3.32. The zero-order valence-corrected chi connectivity index (χ0v) is 17.6. The fraction of sp³-hybridized carbons (Fsp3) is 0.526. The second-order valence-corrected chi connectivity index (χ2v) is 10.5. The van der Waals surface area contributed by atoms with E-state index in [0.29, 0.717) is 5.02 Å². The van der Waals surface area contributed by atoms with Gasteiger partial charge in [-0.15, -0.1) is 23.5 Å². The minimum absolute atomic E-state index is 0.212. The first-order valence-corrected chi connectivity index (χ1v) is 11.5. The Labute approximate surface area is 169 Å². The maximum atomic E-state index is 6.47. The van der Waals surface area contributed by atoms with E-state index in [4.69, 9.17) is 23.2 Å². The minimum Gasteiger partial charge on any atom is -0.337 e. The molecule has 1 aromatic heterocycles. The average molecular weight is 415 g/mol. The van der Waals surface area contributed by atoms with Crippen LogP contribution in [-0.2, 0) is 13.0 Å². The maximum absolute atomic E-state index is 6.47. The number of thioether (sulfide) groups is 2. The lowest BCUT2D eigenvalue weighted by molar-refractivity contribution is 0.564. The fourth-order valence-electron chi connectivity index (χ4n) is 3.10. The molecule has 1 fully saturated rings. The lowest BCUT2D eigenvalue weighted by atomic mass is 10.1. The molecule has 0 aliphatic carbocycles. The SMILES string of the molecule is CCC1CSC(CCCn2ccnc2)(Cc2ccc(Cl)cc2Cl)SC1. The summed E-state index contributed by atoms with van der Waals surface area (Å²) >= 11 is 16.8. The second kappa shape index (κ2) is 9.07. The topological polar surface area (TPSA) is 17.8 Å². The molecule has 6 heteroatoms. The summed E-state index contributed by atoms with van der Waals surface area (Å²) in [4.78, 5) is 4.14. The lowest BCUT2D eigenvalue weighted by Crippen LogP contribution is -2.32. The third kappa shape index (κ3) is 5.35. The van der Waals surface area contributed by atoms with Gasteiger partial charge in [0, 0.05) is 29.0 Å². The predicted molar refractivity (Wildman–Crippen MR) is 113 cm³/mol. The molecular weight excluding hydrogens is 391 g/mol. The van der Waals surface area contributed by atoms with Gasteiger partial charge < -0.3 is 4.57 Å². The van der Waals surface area contributed by atoms with Gasteiger partial charge in [0.05, 0.1) is 10.4 Å². The van der Waals surface area contributed by atoms with Crippen molar-refractivity contribution in [3.8, 4) is 0 Å². The van der Waals surface area contributed by atoms with Gasteiger partial charge in [-0.2, -0.15) is 0 Å². The van der Waals surface area contributed by atoms with Gasteiger partial charge in [-0.3, -0.25) is 0 Å². The summed E-state index contributed by atoms with van der Waals surface area (Å²) in [6.07, 6.45) is 10.4. The van der Waals surface area contributed by atoms with Crippen LogP contribution in [-0.4, -0.2) is 25.1 Å². The molecule has 1 saturated heterocycles. The van der Waals surface area contributed by atoms with Crippen molar-refractivity contribution in [2.75, 3.05) is 11.5 Å². The minimum atomic E-state index is 0.212. The summed E-state index contributed by atoms with van der Waals surface area (Å²) < 4.78 is 2.37. The number of rotatable bonds is 7. The van der Waals surface area contributed by atoms with E-state index in [2.05, 4.69) is 46.1 Å². The Hall–Kier alpha value is -0.290. The molecule has 1 aromatic carbocycles. The van der Waals surface area contributed by atoms with Gasteiger partial charge in [-0.05, 0) is 54.4 Å². The van der Waals surface area contributed by atoms with Crippen molar-refractivity contribution in [3.63, 3.8) is 0 Å². The molecule has 0 unspecified atom stereocenters. The van der Waals surface area contributed by atoms with Gasteiger partial charge in [-0.1, -0.05) is 42.6 Å². The summed E-state index contributed by atoms with van der Waals surface area (Å²) in [5.74, 6) is 3.33. The van der Waals surface area contributed by atoms with E-state index in [9.17, 15) is 0 Å². The molecule has 0 saturated carbocycles. The van der Waals surface area contributed by atoms with Crippen molar-refractivity contribution >= 4 is 46.7 Å². The molecule has 2 heterocycles. The summed E-state index contributed by atoms with van der Waals surface area (Å²) in [6, 6.07) is 5.91. The van der Waals surface area contributed by atoms with E-state index in [-0.39, 0.29) is 4.08 Å². The van der Waals surface area contributed by atoms with E-state index < -0.39 is 0 Å². The van der Waals surface area contributed by atoms with Crippen molar-refractivity contribution in [2.45, 2.75) is 43.2 Å². The van der Waals surface area contributed by atoms with Crippen LogP contribution in [0.15, 0.2) is 36.9 Å². The van der Waals surface area contributed by atoms with E-state index in [0.717, 1.165) is 30.3 Å². The monoisotopic (exact) mass is 414 g/mol. The number of halogens is 2. The summed E-state index contributed by atoms with van der Waals surface area (Å²) in [7, 11) is 0. The van der Waals surface area contributed by atoms with Crippen molar-refractivity contribution in [2.24, 2.45) is 5.92 Å². The maximum Gasteiger partial charge on any atom is 0.0945 e. The van der Waals surface area contributed by atoms with Crippen LogP contribution >= 0.6 is 46.7 Å². The van der Waals surface area contributed by atoms with E-state index in [1.165, 1.54) is 29.9 Å². The number of hydrogen-bond donors (Lipinski definition) is 0. The molecule has 2 aromatic rings. The fourth-order valence-corrected chi connectivity index (χ4v) is 7.35. The third-order valence-electron chi connectivity index (χ3n) is 4.75. The third-order valence-corrected chi connectivity index (χ3v) is 9.07. The molecule has 1 aliphatic rings. The molecule has 0 amide bonds. The second-order valence-electron chi connectivity index (χ2n) is 6.62. The first-order valence-electron chi connectivity index (χ1n) is 8.78. The highest BCUT2D eigenvalue weighted by Gasteiger charge is 2.36. The Morgan fingerprint density at radius 1 is 1.28 bits per heavy atom. The Morgan fingerprint density at radius 2 is 2.08 bits per heavy atom. The molecule has 0 spiro atoms. The average Bonchev–Trinajstić information content (AvgIpc) is 3.12. The first kappa shape index (κ1) is 19.5. The summed E-state index contributed by atoms with van der Waals surface area (Å²) in [5.41, 5.74) is 1.21. The Kier molecular flexibility index (Phi) is 7.07. The lowest BCUT2D eigenvalue weighted by Gasteiger charge is -2.39. The molecule has 136 valence electrons. The van der Waals surface area contributed by atoms with Crippen molar-refractivity contribution in [3.05, 3.63) is 52.5 Å². The van der Waals surface area contributed by atoms with E-state index in [1.807, 2.05) is 30.9 Å². The number of imidazole rings is 1. The van der Waals surface area contributed by atoms with E-state index in [1.54, 1.807) is 0 Å². The van der Waals surface area contributed by atoms with Crippen LogP contribution in [0.2, 0.25) is 10.0 Å². The number of hydrogen-bond acceptors (Lipinski definition) is 3. The van der Waals surface area contributed by atoms with Gasteiger partial charge in [-0.25, -0.2) is 4.98 Å². The standard InChI is InChI=1S/C19H24Cl2N2S2/c1-2-15-12-24-19(25-13-15,6-3-8-23-9-7-22-14-23)11-16-4-5-17(20)10-18(16)21/h4-5,7,9-10,14-15H,2-3,6,8,11-13H2,1H3. The highest BCUT2D eigenvalue weighted by Crippen LogP contribution is 2.50. The zero-order valence-electron chi connectivity index (χ0n) is 14.5. The number of aromatic nitrogens is 2. The van der Waals surface area contributed by atoms with Crippen molar-refractivity contribution in [1.82, 2.24) is 9.55 Å². The molecule has 25 heavy (non-hydrogen) atoms. The zero-order chi connectivity index (χ0) is 17.7. The molecule has 2 nitrogen and oxygen atoms in total. The van der Waals surface area contributed by atoms with Crippen LogP contribution in [0.4, 0.5) is 0 Å². The van der Waals surface area contributed by atoms with Crippen LogP contribution in [0.3, 0.4) is 0 Å². The molecule has 1 aliphatic heterocycles. The van der Waals surface area contributed by atoms with Gasteiger partial charge >= 0.3 is 0 Å². The molecule has 3 rings (SSSR count). The van der Waals surface area contributed by atoms with Crippen molar-refractivity contribution < 1.29 is 0 Å². The molecule has 0 atom stereocenters. The van der Waals surface area contributed by atoms with Gasteiger partial charge in [0.1, 0.15) is 0 Å². The van der Waals surface area contributed by atoms with Crippen LogP contribution in [0, 0.1) is 5.92 Å². The smallest absolute Gasteiger partial charge is 0.0945 e. The van der Waals surface area contributed by atoms with Crippen LogP contribution in [0.25, 0.3) is 0 Å². The van der Waals surface area contributed by atoms with Crippen LogP contribution in [0.5, 0.6) is 0 Å². The van der Waals surface area contributed by atoms with Gasteiger partial charge in [0.15, 0.2) is 0 Å². The highest BCUT2D eigenvalue weighted by molar-refractivity contribution is 8.18. The van der Waals surface area contributed by atoms with Crippen molar-refractivity contribution in [1.29, 1.82) is 0 Å². The Morgan fingerprint density at radius 3 is 2.72 bits per heavy atom. The molecule has 0 bridgehead atoms. The highest BCUT2D eigenvalue weighted by atomic mass is 35.5. The van der Waals surface area contributed by atoms with Gasteiger partial charge in [0.25, 0.3) is 0 Å². The molecular formula is C19H24Cl2N2S2. The number of nitrogens with zero attached hydrogens (tertiary/aromatic N) is 2. The van der Waals surface area contributed by atoms with Gasteiger partial charge in [0.2, 0.25) is 0 Å². The molecule has 0 N–H and O–H groups in total. The molecule has 0 radical (unpaired) electrons. The first-order chi connectivity index (χ1) is 12.1. The normalized spacial score (nSPS) is 23.7. The Balaban J connectivity index is 1.69. The van der Waals surface area contributed by atoms with Crippen LogP contribution in [0.1, 0.15) is 31.7 Å². The van der Waals surface area contributed by atoms with Crippen LogP contribution < -0.4 is 0 Å². The number of aryl methyl sites for hydroxylation is 1. The van der Waals surface area contributed by atoms with E-state index >= 15 is 0 Å². The largest absolute Gasteiger partial charge is 0.337 e. The summed E-state index contributed by atoms with van der Waals surface area (Å²) in [5, 5.41) is 1.50. The number of benzene rings is 1. The predicted octanol–water partition coefficient (Wildman–Crippen LogP) is 6.42. The quantitative estimate of drug-likeness (QED) is 0.520. The Bertz CT molecular complexity index is 668.